The Bertz CT molecular complexity index is 1160. The van der Waals surface area contributed by atoms with E-state index in [1.807, 2.05) is 88.4 Å². The van der Waals surface area contributed by atoms with E-state index < -0.39 is 10.8 Å². The molecule has 4 nitrogen and oxygen atoms in total. The lowest BCUT2D eigenvalue weighted by atomic mass is 9.76. The van der Waals surface area contributed by atoms with Crippen LogP contribution in [0.15, 0.2) is 82.1 Å². The first kappa shape index (κ1) is 18.6. The summed E-state index contributed by atoms with van der Waals surface area (Å²) in [7, 11) is 0. The molecule has 0 atom stereocenters. The van der Waals surface area contributed by atoms with Gasteiger partial charge in [-0.05, 0) is 24.3 Å². The van der Waals surface area contributed by atoms with Crippen LogP contribution in [-0.4, -0.2) is 21.6 Å². The highest BCUT2D eigenvalue weighted by atomic mass is 16.3. The van der Waals surface area contributed by atoms with Crippen LogP contribution in [0.1, 0.15) is 38.8 Å². The number of rotatable bonds is 0. The number of benzene rings is 2. The molecule has 0 saturated heterocycles. The first-order valence-electron chi connectivity index (χ1n) is 10.2. The topological polar surface area (TPSA) is 65.2 Å². The third-order valence-electron chi connectivity index (χ3n) is 6.53. The normalized spacial score (nSPS) is 22.5. The van der Waals surface area contributed by atoms with E-state index in [2.05, 4.69) is 0 Å². The number of aromatic hydroxyl groups is 2. The fourth-order valence-corrected chi connectivity index (χ4v) is 4.51. The molecule has 0 amide bonds. The highest BCUT2D eigenvalue weighted by Crippen LogP contribution is 2.46. The van der Waals surface area contributed by atoms with Crippen LogP contribution >= 0.6 is 0 Å². The van der Waals surface area contributed by atoms with Gasteiger partial charge in [-0.2, -0.15) is 0 Å². The van der Waals surface area contributed by atoms with E-state index in [1.54, 1.807) is 0 Å². The first-order chi connectivity index (χ1) is 14.2. The molecule has 3 aliphatic rings. The van der Waals surface area contributed by atoms with Gasteiger partial charge in [0, 0.05) is 33.1 Å². The fourth-order valence-electron chi connectivity index (χ4n) is 4.51. The Kier molecular flexibility index (Phi) is 3.75. The molecule has 0 spiro atoms. The zero-order valence-electron chi connectivity index (χ0n) is 17.6. The quantitative estimate of drug-likeness (QED) is 0.612. The summed E-state index contributed by atoms with van der Waals surface area (Å²) in [6, 6.07) is 11.4. The predicted molar refractivity (Wildman–Crippen MR) is 121 cm³/mol. The van der Waals surface area contributed by atoms with E-state index in [-0.39, 0.29) is 11.5 Å². The van der Waals surface area contributed by atoms with Crippen molar-refractivity contribution in [2.75, 3.05) is 0 Å². The lowest BCUT2D eigenvalue weighted by Crippen LogP contribution is -2.27. The Morgan fingerprint density at radius 2 is 1.00 bits per heavy atom. The molecule has 150 valence electrons. The van der Waals surface area contributed by atoms with Gasteiger partial charge in [0.15, 0.2) is 0 Å². The molecule has 0 aromatic heterocycles. The monoisotopic (exact) mass is 396 g/mol. The SMILES string of the molecule is CC1(C)C2=N/C(=C3/C=CC(=N3)C(C)(C)c3cccc(c3O)-c3cccc1c3O)C=C2. The van der Waals surface area contributed by atoms with Gasteiger partial charge in [-0.15, -0.1) is 0 Å². The molecule has 5 rings (SSSR count). The number of para-hydroxylation sites is 2. The number of nitrogens with zero attached hydrogens (tertiary/aromatic N) is 2. The minimum Gasteiger partial charge on any atom is -0.507 e. The van der Waals surface area contributed by atoms with Gasteiger partial charge in [-0.3, -0.25) is 9.98 Å². The van der Waals surface area contributed by atoms with Crippen molar-refractivity contribution in [2.45, 2.75) is 38.5 Å². The Labute approximate surface area is 176 Å². The average Bonchev–Trinajstić information content (AvgIpc) is 3.38. The molecule has 2 N–H and O–H groups in total. The summed E-state index contributed by atoms with van der Waals surface area (Å²) >= 11 is 0. The van der Waals surface area contributed by atoms with Gasteiger partial charge in [-0.25, -0.2) is 0 Å². The fraction of sp³-hybridized carbons (Fsp3) is 0.231. The highest BCUT2D eigenvalue weighted by Gasteiger charge is 2.35. The summed E-state index contributed by atoms with van der Waals surface area (Å²) in [5, 5.41) is 22.5. The number of phenols is 2. The maximum Gasteiger partial charge on any atom is 0.127 e. The van der Waals surface area contributed by atoms with Crippen molar-refractivity contribution in [2.24, 2.45) is 9.98 Å². The highest BCUT2D eigenvalue weighted by molar-refractivity contribution is 6.09. The molecular formula is C26H24N2O2. The zero-order valence-corrected chi connectivity index (χ0v) is 17.6. The molecule has 3 heterocycles. The van der Waals surface area contributed by atoms with Gasteiger partial charge in [-0.1, -0.05) is 64.1 Å². The van der Waals surface area contributed by atoms with Crippen molar-refractivity contribution in [3.05, 3.63) is 83.2 Å². The van der Waals surface area contributed by atoms with Crippen molar-refractivity contribution in [3.8, 4) is 22.6 Å². The third-order valence-corrected chi connectivity index (χ3v) is 6.53. The molecular weight excluding hydrogens is 372 g/mol. The molecule has 0 radical (unpaired) electrons. The Balaban J connectivity index is 1.89. The molecule has 0 fully saturated rings. The number of fused-ring (bicyclic) bond motifs is 7. The largest absolute Gasteiger partial charge is 0.507 e. The van der Waals surface area contributed by atoms with Crippen LogP contribution in [0.2, 0.25) is 0 Å². The van der Waals surface area contributed by atoms with Crippen molar-refractivity contribution in [3.63, 3.8) is 0 Å². The molecule has 2 aromatic rings. The van der Waals surface area contributed by atoms with Crippen LogP contribution in [0.5, 0.6) is 11.5 Å². The van der Waals surface area contributed by atoms with Crippen LogP contribution < -0.4 is 0 Å². The van der Waals surface area contributed by atoms with E-state index in [0.29, 0.717) is 11.1 Å². The van der Waals surface area contributed by atoms with E-state index >= 15 is 0 Å². The van der Waals surface area contributed by atoms with E-state index in [1.165, 1.54) is 0 Å². The maximum atomic E-state index is 11.3. The van der Waals surface area contributed by atoms with Crippen LogP contribution in [0.3, 0.4) is 0 Å². The maximum absolute atomic E-state index is 11.3. The van der Waals surface area contributed by atoms with E-state index in [9.17, 15) is 10.2 Å². The van der Waals surface area contributed by atoms with Crippen LogP contribution in [-0.2, 0) is 10.8 Å². The minimum absolute atomic E-state index is 0.167. The third kappa shape index (κ3) is 2.46. The summed E-state index contributed by atoms with van der Waals surface area (Å²) in [5.74, 6) is 0.334. The van der Waals surface area contributed by atoms with Gasteiger partial charge in [0.2, 0.25) is 0 Å². The number of phenolic OH excluding ortho intramolecular Hbond substituents is 2. The lowest BCUT2D eigenvalue weighted by Gasteiger charge is -2.28. The Hall–Kier alpha value is -3.40. The number of hydrogen-bond donors (Lipinski definition) is 2. The summed E-state index contributed by atoms with van der Waals surface area (Å²) in [4.78, 5) is 9.72. The van der Waals surface area contributed by atoms with Gasteiger partial charge in [0.1, 0.15) is 11.5 Å². The molecule has 2 aromatic carbocycles. The summed E-state index contributed by atoms with van der Waals surface area (Å²) in [6.07, 6.45) is 7.96. The van der Waals surface area contributed by atoms with Gasteiger partial charge in [0.05, 0.1) is 22.8 Å². The molecule has 0 aliphatic carbocycles. The van der Waals surface area contributed by atoms with Crippen LogP contribution in [0.4, 0.5) is 0 Å². The van der Waals surface area contributed by atoms with Crippen molar-refractivity contribution in [1.29, 1.82) is 0 Å². The molecule has 4 heteroatoms. The molecule has 0 unspecified atom stereocenters. The second-order valence-corrected chi connectivity index (χ2v) is 9.08. The summed E-state index contributed by atoms with van der Waals surface area (Å²) < 4.78 is 0. The first-order valence-corrected chi connectivity index (χ1v) is 10.2. The summed E-state index contributed by atoms with van der Waals surface area (Å²) in [6.45, 7) is 8.19. The Morgan fingerprint density at radius 3 is 1.40 bits per heavy atom. The molecule has 3 aliphatic heterocycles. The predicted octanol–water partition coefficient (Wildman–Crippen LogP) is 5.57. The molecule has 0 saturated carbocycles. The second kappa shape index (κ2) is 6.05. The molecule has 30 heavy (non-hydrogen) atoms. The van der Waals surface area contributed by atoms with Crippen LogP contribution in [0.25, 0.3) is 11.1 Å². The van der Waals surface area contributed by atoms with Gasteiger partial charge in [0.25, 0.3) is 0 Å². The second-order valence-electron chi connectivity index (χ2n) is 9.08. The van der Waals surface area contributed by atoms with Crippen LogP contribution in [0, 0.1) is 0 Å². The smallest absolute Gasteiger partial charge is 0.127 e. The lowest BCUT2D eigenvalue weighted by molar-refractivity contribution is 0.453. The van der Waals surface area contributed by atoms with Gasteiger partial charge < -0.3 is 10.2 Å². The number of allylic oxidation sites excluding steroid dienone is 4. The van der Waals surface area contributed by atoms with Crippen molar-refractivity contribution in [1.82, 2.24) is 0 Å². The number of hydrogen-bond acceptors (Lipinski definition) is 4. The van der Waals surface area contributed by atoms with Gasteiger partial charge >= 0.3 is 0 Å². The Morgan fingerprint density at radius 1 is 0.600 bits per heavy atom. The number of aliphatic imine (C=N–C) groups is 2. The minimum atomic E-state index is -0.523. The standard InChI is InChI=1S/C26H24N2O2/c1-25(2)17-9-5-7-15(23(17)29)16-8-6-10-18(24(16)30)26(3,4)22-14-12-20(28-22)19-11-13-21(25)27-19/h5-14,29-30H,1-4H3/b20-19-. The van der Waals surface area contributed by atoms with E-state index in [0.717, 1.165) is 33.9 Å². The zero-order chi connectivity index (χ0) is 21.3. The van der Waals surface area contributed by atoms with E-state index in [4.69, 9.17) is 9.98 Å². The van der Waals surface area contributed by atoms with Crippen molar-refractivity contribution >= 4 is 11.4 Å². The molecule has 8 bridgehead atoms. The van der Waals surface area contributed by atoms with Crippen molar-refractivity contribution < 1.29 is 10.2 Å². The average molecular weight is 396 g/mol. The summed E-state index contributed by atoms with van der Waals surface area (Å²) in [5.41, 5.74) is 5.05.